The van der Waals surface area contributed by atoms with Crippen molar-refractivity contribution in [3.05, 3.63) is 64.8 Å². The molecule has 1 aromatic carbocycles. The minimum absolute atomic E-state index is 0.356. The number of alkyl halides is 3. The largest absolute Gasteiger partial charge is 0.421 e. The van der Waals surface area contributed by atoms with Gasteiger partial charge in [-0.15, -0.1) is 0 Å². The Kier molecular flexibility index (Phi) is 2.97. The first kappa shape index (κ1) is 13.3. The summed E-state index contributed by atoms with van der Waals surface area (Å²) in [4.78, 5) is 19.1. The highest BCUT2D eigenvalue weighted by molar-refractivity contribution is 5.80. The standard InChI is InChI=1S/C14H8F3N3O/c15-14(16,17)10-7-18-8-19-13(10)20-11-4-2-1-3-9(11)5-6-12(20)21/h1-8H. The highest BCUT2D eigenvalue weighted by atomic mass is 19.4. The van der Waals surface area contributed by atoms with Gasteiger partial charge in [0.25, 0.3) is 5.56 Å². The van der Waals surface area contributed by atoms with E-state index in [0.29, 0.717) is 17.1 Å². The van der Waals surface area contributed by atoms with Gasteiger partial charge in [-0.1, -0.05) is 18.2 Å². The number of halogens is 3. The molecule has 0 saturated heterocycles. The van der Waals surface area contributed by atoms with E-state index >= 15 is 0 Å². The van der Waals surface area contributed by atoms with Crippen LogP contribution in [0.25, 0.3) is 16.7 Å². The quantitative estimate of drug-likeness (QED) is 0.692. The molecule has 3 aromatic rings. The summed E-state index contributed by atoms with van der Waals surface area (Å²) in [7, 11) is 0. The van der Waals surface area contributed by atoms with Crippen molar-refractivity contribution in [3.8, 4) is 5.82 Å². The lowest BCUT2D eigenvalue weighted by molar-refractivity contribution is -0.138. The van der Waals surface area contributed by atoms with Crippen LogP contribution in [0.1, 0.15) is 5.56 Å². The van der Waals surface area contributed by atoms with Crippen LogP contribution in [0.15, 0.2) is 53.7 Å². The molecule has 0 spiro atoms. The second-order valence-corrected chi connectivity index (χ2v) is 4.32. The molecule has 0 fully saturated rings. The molecule has 0 amide bonds. The molecule has 21 heavy (non-hydrogen) atoms. The van der Waals surface area contributed by atoms with Gasteiger partial charge in [-0.25, -0.2) is 9.97 Å². The van der Waals surface area contributed by atoms with Crippen LogP contribution in [0.2, 0.25) is 0 Å². The summed E-state index contributed by atoms with van der Waals surface area (Å²) in [5.74, 6) is -0.473. The van der Waals surface area contributed by atoms with Crippen molar-refractivity contribution >= 4 is 10.9 Å². The maximum Gasteiger partial charge on any atom is 0.421 e. The Morgan fingerprint density at radius 2 is 1.81 bits per heavy atom. The van der Waals surface area contributed by atoms with Gasteiger partial charge >= 0.3 is 6.18 Å². The fourth-order valence-corrected chi connectivity index (χ4v) is 2.11. The third kappa shape index (κ3) is 2.26. The predicted molar refractivity (Wildman–Crippen MR) is 70.1 cm³/mol. The summed E-state index contributed by atoms with van der Waals surface area (Å²) in [6, 6.07) is 9.43. The summed E-state index contributed by atoms with van der Waals surface area (Å²) in [6.45, 7) is 0. The van der Waals surface area contributed by atoms with Crippen molar-refractivity contribution < 1.29 is 13.2 Å². The van der Waals surface area contributed by atoms with Crippen LogP contribution in [-0.4, -0.2) is 14.5 Å². The fraction of sp³-hybridized carbons (Fsp3) is 0.0714. The Labute approximate surface area is 116 Å². The number of nitrogens with zero attached hydrogens (tertiary/aromatic N) is 3. The molecule has 106 valence electrons. The molecule has 0 atom stereocenters. The molecule has 2 heterocycles. The molecule has 0 aliphatic rings. The van der Waals surface area contributed by atoms with E-state index in [1.54, 1.807) is 30.3 Å². The fourth-order valence-electron chi connectivity index (χ4n) is 2.11. The monoisotopic (exact) mass is 291 g/mol. The molecule has 3 rings (SSSR count). The van der Waals surface area contributed by atoms with Crippen molar-refractivity contribution in [2.24, 2.45) is 0 Å². The molecule has 0 aliphatic heterocycles. The highest BCUT2D eigenvalue weighted by Crippen LogP contribution is 2.32. The maximum atomic E-state index is 13.1. The summed E-state index contributed by atoms with van der Waals surface area (Å²) < 4.78 is 40.2. The lowest BCUT2D eigenvalue weighted by atomic mass is 10.2. The normalized spacial score (nSPS) is 11.8. The number of benzene rings is 1. The lowest BCUT2D eigenvalue weighted by Gasteiger charge is -2.14. The van der Waals surface area contributed by atoms with Crippen LogP contribution in [-0.2, 0) is 6.18 Å². The topological polar surface area (TPSA) is 47.8 Å². The Morgan fingerprint density at radius 1 is 1.05 bits per heavy atom. The molecule has 7 heteroatoms. The summed E-state index contributed by atoms with van der Waals surface area (Å²) >= 11 is 0. The van der Waals surface area contributed by atoms with E-state index in [4.69, 9.17) is 0 Å². The van der Waals surface area contributed by atoms with E-state index < -0.39 is 23.1 Å². The molecule has 0 radical (unpaired) electrons. The van der Waals surface area contributed by atoms with Gasteiger partial charge in [0.1, 0.15) is 11.9 Å². The Morgan fingerprint density at radius 3 is 2.57 bits per heavy atom. The first-order valence-corrected chi connectivity index (χ1v) is 5.97. The van der Waals surface area contributed by atoms with Gasteiger partial charge in [0.2, 0.25) is 0 Å². The molecule has 0 bridgehead atoms. The van der Waals surface area contributed by atoms with Gasteiger partial charge in [0, 0.05) is 12.3 Å². The van der Waals surface area contributed by atoms with Gasteiger partial charge in [0.15, 0.2) is 5.82 Å². The predicted octanol–water partition coefficient (Wildman–Crippen LogP) is 2.80. The van der Waals surface area contributed by atoms with Crippen molar-refractivity contribution in [1.82, 2.24) is 14.5 Å². The average molecular weight is 291 g/mol. The van der Waals surface area contributed by atoms with E-state index in [0.717, 1.165) is 10.9 Å². The highest BCUT2D eigenvalue weighted by Gasteiger charge is 2.35. The summed E-state index contributed by atoms with van der Waals surface area (Å²) in [5, 5.41) is 0.642. The zero-order valence-electron chi connectivity index (χ0n) is 10.5. The van der Waals surface area contributed by atoms with Crippen molar-refractivity contribution in [1.29, 1.82) is 0 Å². The van der Waals surface area contributed by atoms with Gasteiger partial charge in [-0.3, -0.25) is 9.36 Å². The molecule has 0 aliphatic carbocycles. The maximum absolute atomic E-state index is 13.1. The molecule has 2 aromatic heterocycles. The van der Waals surface area contributed by atoms with Crippen LogP contribution >= 0.6 is 0 Å². The zero-order valence-corrected chi connectivity index (χ0v) is 10.5. The van der Waals surface area contributed by atoms with Gasteiger partial charge in [0.05, 0.1) is 5.52 Å². The van der Waals surface area contributed by atoms with Crippen LogP contribution in [0, 0.1) is 0 Å². The molecule has 0 saturated carbocycles. The molecule has 0 N–H and O–H groups in total. The van der Waals surface area contributed by atoms with E-state index in [2.05, 4.69) is 9.97 Å². The van der Waals surface area contributed by atoms with E-state index in [1.807, 2.05) is 0 Å². The van der Waals surface area contributed by atoms with Crippen molar-refractivity contribution in [2.75, 3.05) is 0 Å². The van der Waals surface area contributed by atoms with Gasteiger partial charge < -0.3 is 0 Å². The van der Waals surface area contributed by atoms with Crippen LogP contribution < -0.4 is 5.56 Å². The Balaban J connectivity index is 2.42. The smallest absolute Gasteiger partial charge is 0.269 e. The summed E-state index contributed by atoms with van der Waals surface area (Å²) in [5.41, 5.74) is -1.28. The minimum atomic E-state index is -4.65. The van der Waals surface area contributed by atoms with Gasteiger partial charge in [-0.05, 0) is 17.5 Å². The number of aromatic nitrogens is 3. The minimum Gasteiger partial charge on any atom is -0.269 e. The van der Waals surface area contributed by atoms with E-state index in [-0.39, 0.29) is 0 Å². The number of fused-ring (bicyclic) bond motifs is 1. The SMILES string of the molecule is O=c1ccc2ccccc2n1-c1ncncc1C(F)(F)F. The first-order chi connectivity index (χ1) is 9.98. The lowest BCUT2D eigenvalue weighted by Crippen LogP contribution is -2.22. The number of pyridine rings is 1. The molecular weight excluding hydrogens is 283 g/mol. The number of hydrogen-bond acceptors (Lipinski definition) is 3. The van der Waals surface area contributed by atoms with E-state index in [9.17, 15) is 18.0 Å². The van der Waals surface area contributed by atoms with Crippen molar-refractivity contribution in [3.63, 3.8) is 0 Å². The Bertz CT molecular complexity index is 871. The van der Waals surface area contributed by atoms with Crippen molar-refractivity contribution in [2.45, 2.75) is 6.18 Å². The third-order valence-corrected chi connectivity index (χ3v) is 3.01. The van der Waals surface area contributed by atoms with E-state index in [1.165, 1.54) is 6.07 Å². The summed E-state index contributed by atoms with van der Waals surface area (Å²) in [6.07, 6.45) is -3.00. The molecular formula is C14H8F3N3O. The second kappa shape index (κ2) is 4.69. The van der Waals surface area contributed by atoms with Crippen LogP contribution in [0.5, 0.6) is 0 Å². The number of hydrogen-bond donors (Lipinski definition) is 0. The number of rotatable bonds is 1. The Hall–Kier alpha value is -2.70. The first-order valence-electron chi connectivity index (χ1n) is 5.97. The third-order valence-electron chi connectivity index (χ3n) is 3.01. The van der Waals surface area contributed by atoms with Crippen LogP contribution in [0.4, 0.5) is 13.2 Å². The molecule has 4 nitrogen and oxygen atoms in total. The second-order valence-electron chi connectivity index (χ2n) is 4.32. The number of para-hydroxylation sites is 1. The molecule has 0 unspecified atom stereocenters. The zero-order chi connectivity index (χ0) is 15.0. The van der Waals surface area contributed by atoms with Crippen LogP contribution in [0.3, 0.4) is 0 Å². The van der Waals surface area contributed by atoms with Gasteiger partial charge in [-0.2, -0.15) is 13.2 Å². The average Bonchev–Trinajstić information content (AvgIpc) is 2.46.